The Bertz CT molecular complexity index is 1370. The quantitative estimate of drug-likeness (QED) is 0.314. The van der Waals surface area contributed by atoms with Gasteiger partial charge >= 0.3 is 0 Å². The van der Waals surface area contributed by atoms with Crippen LogP contribution in [-0.2, 0) is 26.2 Å². The minimum Gasteiger partial charge on any atom is -0.352 e. The summed E-state index contributed by atoms with van der Waals surface area (Å²) in [4.78, 5) is 28.5. The van der Waals surface area contributed by atoms with Crippen LogP contribution in [0.2, 0.25) is 5.02 Å². The molecule has 0 bridgehead atoms. The van der Waals surface area contributed by atoms with Gasteiger partial charge in [0.2, 0.25) is 11.8 Å². The van der Waals surface area contributed by atoms with Crippen LogP contribution in [0.5, 0.6) is 0 Å². The van der Waals surface area contributed by atoms with Gasteiger partial charge in [0, 0.05) is 12.6 Å². The van der Waals surface area contributed by atoms with E-state index in [4.69, 9.17) is 11.6 Å². The topological polar surface area (TPSA) is 86.8 Å². The molecule has 0 aliphatic rings. The summed E-state index contributed by atoms with van der Waals surface area (Å²) in [6, 6.07) is 19.3. The normalized spacial score (nSPS) is 12.8. The van der Waals surface area contributed by atoms with Crippen molar-refractivity contribution in [3.8, 4) is 0 Å². The highest BCUT2D eigenvalue weighted by Gasteiger charge is 2.34. The fourth-order valence-electron chi connectivity index (χ4n) is 4.03. The van der Waals surface area contributed by atoms with E-state index in [-0.39, 0.29) is 34.1 Å². The number of nitrogens with one attached hydrogen (secondary N) is 1. The number of anilines is 1. The second kappa shape index (κ2) is 13.6. The molecule has 208 valence electrons. The molecule has 3 aromatic carbocycles. The molecule has 0 saturated heterocycles. The Morgan fingerprint density at radius 1 is 0.949 bits per heavy atom. The van der Waals surface area contributed by atoms with Crippen LogP contribution in [0, 0.1) is 5.82 Å². The zero-order valence-electron chi connectivity index (χ0n) is 22.2. The fraction of sp³-hybridized carbons (Fsp3) is 0.310. The molecule has 0 saturated carbocycles. The highest BCUT2D eigenvalue weighted by Crippen LogP contribution is 2.28. The molecule has 10 heteroatoms. The molecule has 0 unspecified atom stereocenters. The highest BCUT2D eigenvalue weighted by molar-refractivity contribution is 7.92. The van der Waals surface area contributed by atoms with Crippen LogP contribution in [0.1, 0.15) is 39.2 Å². The molecule has 0 fully saturated rings. The van der Waals surface area contributed by atoms with E-state index >= 15 is 0 Å². The summed E-state index contributed by atoms with van der Waals surface area (Å²) in [5.41, 5.74) is 0.804. The number of carbonyl (C=O) groups excluding carboxylic acids is 2. The van der Waals surface area contributed by atoms with Gasteiger partial charge in [-0.15, -0.1) is 0 Å². The van der Waals surface area contributed by atoms with Crippen molar-refractivity contribution in [1.82, 2.24) is 10.2 Å². The van der Waals surface area contributed by atoms with Crippen molar-refractivity contribution in [2.24, 2.45) is 0 Å². The summed E-state index contributed by atoms with van der Waals surface area (Å²) >= 11 is 5.99. The van der Waals surface area contributed by atoms with Crippen molar-refractivity contribution in [1.29, 1.82) is 0 Å². The molecule has 1 N–H and O–H groups in total. The first kappa shape index (κ1) is 30.1. The number of benzene rings is 3. The number of hydrogen-bond donors (Lipinski definition) is 1. The second-order valence-corrected chi connectivity index (χ2v) is 11.4. The summed E-state index contributed by atoms with van der Waals surface area (Å²) in [6.45, 7) is 5.08. The number of rotatable bonds is 12. The van der Waals surface area contributed by atoms with Crippen LogP contribution in [0.4, 0.5) is 10.1 Å². The number of carbonyl (C=O) groups is 2. The maximum Gasteiger partial charge on any atom is 0.264 e. The second-order valence-electron chi connectivity index (χ2n) is 9.17. The van der Waals surface area contributed by atoms with Crippen molar-refractivity contribution in [3.63, 3.8) is 0 Å². The standard InChI is InChI=1S/C29H33ClFN3O4S/c1-4-21(3)32-29(36)27(5-2)33(19-22-12-8-6-9-13-22)28(35)20-34(23-16-17-26(31)25(30)18-23)39(37,38)24-14-10-7-11-15-24/h6-18,21,27H,4-5,19-20H2,1-3H3,(H,32,36)/t21-,27+/m1/s1. The predicted molar refractivity (Wildman–Crippen MR) is 151 cm³/mol. The molecular weight excluding hydrogens is 541 g/mol. The molecule has 3 aromatic rings. The first-order valence-corrected chi connectivity index (χ1v) is 14.6. The van der Waals surface area contributed by atoms with Gasteiger partial charge in [0.25, 0.3) is 10.0 Å². The van der Waals surface area contributed by atoms with E-state index in [1.54, 1.807) is 25.1 Å². The smallest absolute Gasteiger partial charge is 0.264 e. The van der Waals surface area contributed by atoms with Crippen LogP contribution in [0.15, 0.2) is 83.8 Å². The van der Waals surface area contributed by atoms with Crippen LogP contribution in [-0.4, -0.2) is 43.8 Å². The number of halogens is 2. The Hall–Kier alpha value is -3.43. The van der Waals surface area contributed by atoms with E-state index in [0.717, 1.165) is 15.9 Å². The molecule has 0 aliphatic carbocycles. The Morgan fingerprint density at radius 2 is 1.56 bits per heavy atom. The third-order valence-electron chi connectivity index (χ3n) is 6.38. The lowest BCUT2D eigenvalue weighted by Crippen LogP contribution is -2.53. The minimum absolute atomic E-state index is 0.0235. The van der Waals surface area contributed by atoms with E-state index in [1.165, 1.54) is 29.2 Å². The average Bonchev–Trinajstić information content (AvgIpc) is 2.93. The lowest BCUT2D eigenvalue weighted by molar-refractivity contribution is -0.140. The van der Waals surface area contributed by atoms with Gasteiger partial charge in [-0.1, -0.05) is 74.0 Å². The summed E-state index contributed by atoms with van der Waals surface area (Å²) in [6.07, 6.45) is 1.03. The number of hydrogen-bond acceptors (Lipinski definition) is 4. The average molecular weight is 574 g/mol. The summed E-state index contributed by atoms with van der Waals surface area (Å²) in [5, 5.41) is 2.65. The van der Waals surface area contributed by atoms with Crippen LogP contribution < -0.4 is 9.62 Å². The van der Waals surface area contributed by atoms with Crippen molar-refractivity contribution in [2.45, 2.75) is 57.1 Å². The number of amides is 2. The van der Waals surface area contributed by atoms with Gasteiger partial charge in [-0.2, -0.15) is 0 Å². The summed E-state index contributed by atoms with van der Waals surface area (Å²) in [7, 11) is -4.26. The minimum atomic E-state index is -4.26. The molecule has 3 rings (SSSR count). The molecule has 0 aliphatic heterocycles. The molecular formula is C29H33ClFN3O4S. The van der Waals surface area contributed by atoms with Crippen LogP contribution in [0.25, 0.3) is 0 Å². The molecule has 0 aromatic heterocycles. The zero-order chi connectivity index (χ0) is 28.6. The maximum atomic E-state index is 14.0. The van der Waals surface area contributed by atoms with E-state index in [9.17, 15) is 22.4 Å². The monoisotopic (exact) mass is 573 g/mol. The van der Waals surface area contributed by atoms with Crippen molar-refractivity contribution >= 4 is 39.1 Å². The molecule has 2 amide bonds. The highest BCUT2D eigenvalue weighted by atomic mass is 35.5. The fourth-order valence-corrected chi connectivity index (χ4v) is 5.63. The van der Waals surface area contributed by atoms with E-state index < -0.39 is 34.3 Å². The molecule has 0 radical (unpaired) electrons. The molecule has 0 heterocycles. The molecule has 7 nitrogen and oxygen atoms in total. The molecule has 2 atom stereocenters. The first-order valence-electron chi connectivity index (χ1n) is 12.7. The molecule has 39 heavy (non-hydrogen) atoms. The van der Waals surface area contributed by atoms with Gasteiger partial charge in [-0.25, -0.2) is 12.8 Å². The molecule has 0 spiro atoms. The largest absolute Gasteiger partial charge is 0.352 e. The van der Waals surface area contributed by atoms with Gasteiger partial charge in [0.15, 0.2) is 0 Å². The summed E-state index contributed by atoms with van der Waals surface area (Å²) in [5.74, 6) is -1.63. The van der Waals surface area contributed by atoms with Gasteiger partial charge in [-0.3, -0.25) is 13.9 Å². The van der Waals surface area contributed by atoms with Crippen LogP contribution in [0.3, 0.4) is 0 Å². The zero-order valence-corrected chi connectivity index (χ0v) is 23.8. The SMILES string of the molecule is CC[C@@H](C)NC(=O)[C@H](CC)N(Cc1ccccc1)C(=O)CN(c1ccc(F)c(Cl)c1)S(=O)(=O)c1ccccc1. The van der Waals surface area contributed by atoms with Crippen molar-refractivity contribution in [2.75, 3.05) is 10.8 Å². The number of sulfonamides is 1. The third kappa shape index (κ3) is 7.58. The van der Waals surface area contributed by atoms with Crippen molar-refractivity contribution < 1.29 is 22.4 Å². The maximum absolute atomic E-state index is 14.0. The first-order chi connectivity index (χ1) is 18.6. The van der Waals surface area contributed by atoms with Gasteiger partial charge in [0.1, 0.15) is 18.4 Å². The van der Waals surface area contributed by atoms with Gasteiger partial charge < -0.3 is 10.2 Å². The Kier molecular flexibility index (Phi) is 10.5. The van der Waals surface area contributed by atoms with Gasteiger partial charge in [-0.05, 0) is 55.7 Å². The van der Waals surface area contributed by atoms with Crippen molar-refractivity contribution in [3.05, 3.63) is 95.3 Å². The summed E-state index contributed by atoms with van der Waals surface area (Å²) < 4.78 is 42.3. The lowest BCUT2D eigenvalue weighted by Gasteiger charge is -2.33. The van der Waals surface area contributed by atoms with E-state index in [0.29, 0.717) is 12.8 Å². The lowest BCUT2D eigenvalue weighted by atomic mass is 10.1. The van der Waals surface area contributed by atoms with Gasteiger partial charge in [0.05, 0.1) is 15.6 Å². The third-order valence-corrected chi connectivity index (χ3v) is 8.46. The Balaban J connectivity index is 2.06. The van der Waals surface area contributed by atoms with E-state index in [2.05, 4.69) is 5.32 Å². The Morgan fingerprint density at radius 3 is 2.13 bits per heavy atom. The van der Waals surface area contributed by atoms with Crippen LogP contribution >= 0.6 is 11.6 Å². The Labute approximate surface area is 234 Å². The predicted octanol–water partition coefficient (Wildman–Crippen LogP) is 5.40. The van der Waals surface area contributed by atoms with E-state index in [1.807, 2.05) is 44.2 Å². The number of nitrogens with zero attached hydrogens (tertiary/aromatic N) is 2.